The van der Waals surface area contributed by atoms with Gasteiger partial charge in [-0.05, 0) is 48.1 Å². The van der Waals surface area contributed by atoms with E-state index in [0.717, 1.165) is 29.7 Å². The summed E-state index contributed by atoms with van der Waals surface area (Å²) in [7, 11) is -3.97. The molecule has 1 heterocycles. The summed E-state index contributed by atoms with van der Waals surface area (Å²) >= 11 is 0. The minimum Gasteiger partial charge on any atom is -0.478 e. The number of carbonyl (C=O) groups excluding carboxylic acids is 1. The molecule has 2 aromatic carbocycles. The van der Waals surface area contributed by atoms with Crippen molar-refractivity contribution in [3.63, 3.8) is 0 Å². The number of rotatable bonds is 7. The third kappa shape index (κ3) is 5.46. The molecule has 1 amide bonds. The minimum absolute atomic E-state index is 0.0377. The first-order chi connectivity index (χ1) is 14.3. The summed E-state index contributed by atoms with van der Waals surface area (Å²) in [5.74, 6) is -0.958. The summed E-state index contributed by atoms with van der Waals surface area (Å²) in [5, 5.41) is 10.5. The number of benzene rings is 2. The molecule has 1 unspecified atom stereocenters. The van der Waals surface area contributed by atoms with Crippen LogP contribution in [0.2, 0.25) is 0 Å². The number of hydrogen-bond acceptors (Lipinski definition) is 4. The second-order valence-electron chi connectivity index (χ2n) is 7.67. The normalized spacial score (nSPS) is 16.8. The predicted molar refractivity (Wildman–Crippen MR) is 114 cm³/mol. The van der Waals surface area contributed by atoms with Gasteiger partial charge in [0.05, 0.1) is 4.90 Å². The topological polar surface area (TPSA) is 104 Å². The second kappa shape index (κ2) is 9.40. The highest BCUT2D eigenvalue weighted by Crippen LogP contribution is 2.21. The lowest BCUT2D eigenvalue weighted by Gasteiger charge is -2.33. The number of hydrogen-bond donors (Lipinski definition) is 2. The van der Waals surface area contributed by atoms with Crippen LogP contribution in [0.4, 0.5) is 0 Å². The number of piperidine rings is 1. The molecule has 1 saturated heterocycles. The number of aliphatic carboxylic acids is 1. The Morgan fingerprint density at radius 1 is 1.17 bits per heavy atom. The van der Waals surface area contributed by atoms with Crippen LogP contribution in [-0.4, -0.2) is 49.4 Å². The molecule has 0 aliphatic carbocycles. The molecule has 30 heavy (non-hydrogen) atoms. The molecule has 1 aliphatic rings. The summed E-state index contributed by atoms with van der Waals surface area (Å²) in [4.78, 5) is 25.5. The van der Waals surface area contributed by atoms with Crippen molar-refractivity contribution < 1.29 is 23.1 Å². The number of carbonyl (C=O) groups is 2. The van der Waals surface area contributed by atoms with E-state index in [2.05, 4.69) is 11.6 Å². The third-order valence-electron chi connectivity index (χ3n) is 5.35. The van der Waals surface area contributed by atoms with Gasteiger partial charge in [0, 0.05) is 19.2 Å². The maximum Gasteiger partial charge on any atom is 0.327 e. The van der Waals surface area contributed by atoms with E-state index in [1.54, 1.807) is 17.0 Å². The largest absolute Gasteiger partial charge is 0.478 e. The van der Waals surface area contributed by atoms with Crippen molar-refractivity contribution >= 4 is 32.7 Å². The first-order valence-corrected chi connectivity index (χ1v) is 11.4. The van der Waals surface area contributed by atoms with E-state index in [4.69, 9.17) is 5.11 Å². The number of amides is 1. The quantitative estimate of drug-likeness (QED) is 0.658. The van der Waals surface area contributed by atoms with Crippen molar-refractivity contribution in [2.45, 2.75) is 37.1 Å². The van der Waals surface area contributed by atoms with Gasteiger partial charge in [-0.25, -0.2) is 13.2 Å². The van der Waals surface area contributed by atoms with E-state index in [1.165, 1.54) is 12.1 Å². The van der Waals surface area contributed by atoms with Gasteiger partial charge in [0.15, 0.2) is 0 Å². The van der Waals surface area contributed by atoms with Crippen molar-refractivity contribution in [1.82, 2.24) is 9.62 Å². The van der Waals surface area contributed by atoms with Crippen LogP contribution in [0.3, 0.4) is 0 Å². The van der Waals surface area contributed by atoms with E-state index >= 15 is 0 Å². The first kappa shape index (κ1) is 22.0. The molecule has 3 rings (SSSR count). The van der Waals surface area contributed by atoms with Gasteiger partial charge in [-0.1, -0.05) is 43.3 Å². The number of sulfonamides is 1. The average Bonchev–Trinajstić information content (AvgIpc) is 2.72. The fourth-order valence-electron chi connectivity index (χ4n) is 3.54. The standard InChI is InChI=1S/C22H26N2O5S/c1-16-11-13-24(14-12-16)22(27)20(7-4-8-21(25)26)23-30(28,29)19-10-9-17-5-2-3-6-18(17)15-19/h2-6,8-10,15-16,20,23H,7,11-14H2,1H3,(H,25,26). The van der Waals surface area contributed by atoms with Crippen molar-refractivity contribution in [3.8, 4) is 0 Å². The van der Waals surface area contributed by atoms with Crippen LogP contribution in [0.1, 0.15) is 26.2 Å². The van der Waals surface area contributed by atoms with E-state index in [9.17, 15) is 18.0 Å². The molecule has 0 spiro atoms. The van der Waals surface area contributed by atoms with Crippen LogP contribution in [0.25, 0.3) is 10.8 Å². The lowest BCUT2D eigenvalue weighted by molar-refractivity contribution is -0.134. The van der Waals surface area contributed by atoms with Crippen LogP contribution >= 0.6 is 0 Å². The number of nitrogens with one attached hydrogen (secondary N) is 1. The Bertz CT molecular complexity index is 1060. The zero-order chi connectivity index (χ0) is 21.7. The van der Waals surface area contributed by atoms with Gasteiger partial charge >= 0.3 is 5.97 Å². The molecule has 8 heteroatoms. The number of carboxylic acids is 1. The molecule has 1 atom stereocenters. The Hall–Kier alpha value is -2.71. The zero-order valence-corrected chi connectivity index (χ0v) is 17.6. The first-order valence-electron chi connectivity index (χ1n) is 9.95. The molecule has 0 aromatic heterocycles. The molecular weight excluding hydrogens is 404 g/mol. The van der Waals surface area contributed by atoms with Crippen LogP contribution in [-0.2, 0) is 19.6 Å². The van der Waals surface area contributed by atoms with Crippen molar-refractivity contribution in [3.05, 3.63) is 54.6 Å². The number of nitrogens with zero attached hydrogens (tertiary/aromatic N) is 1. The Labute approximate surface area is 176 Å². The Balaban J connectivity index is 1.84. The fraction of sp³-hybridized carbons (Fsp3) is 0.364. The maximum absolute atomic E-state index is 13.0. The average molecular weight is 431 g/mol. The van der Waals surface area contributed by atoms with Gasteiger partial charge in [0.25, 0.3) is 0 Å². The SMILES string of the molecule is CC1CCN(C(=O)C(CC=CC(=O)O)NS(=O)(=O)c2ccc3ccccc3c2)CC1. The third-order valence-corrected chi connectivity index (χ3v) is 6.82. The van der Waals surface area contributed by atoms with E-state index in [0.29, 0.717) is 19.0 Å². The Morgan fingerprint density at radius 3 is 2.50 bits per heavy atom. The molecule has 1 aliphatic heterocycles. The maximum atomic E-state index is 13.0. The van der Waals surface area contributed by atoms with Gasteiger partial charge < -0.3 is 10.0 Å². The molecule has 2 N–H and O–H groups in total. The lowest BCUT2D eigenvalue weighted by atomic mass is 9.98. The predicted octanol–water partition coefficient (Wildman–Crippen LogP) is 2.78. The number of fused-ring (bicyclic) bond motifs is 1. The van der Waals surface area contributed by atoms with Gasteiger partial charge in [-0.3, -0.25) is 4.79 Å². The second-order valence-corrected chi connectivity index (χ2v) is 9.38. The highest BCUT2D eigenvalue weighted by atomic mass is 32.2. The minimum atomic E-state index is -3.97. The van der Waals surface area contributed by atoms with Gasteiger partial charge in [0.2, 0.25) is 15.9 Å². The van der Waals surface area contributed by atoms with Gasteiger partial charge in [-0.2, -0.15) is 4.72 Å². The number of carboxylic acid groups (broad SMARTS) is 1. The van der Waals surface area contributed by atoms with E-state index < -0.39 is 22.0 Å². The van der Waals surface area contributed by atoms with E-state index in [-0.39, 0.29) is 17.2 Å². The summed E-state index contributed by atoms with van der Waals surface area (Å²) in [5.41, 5.74) is 0. The van der Waals surface area contributed by atoms with Gasteiger partial charge in [0.1, 0.15) is 6.04 Å². The molecule has 1 fully saturated rings. The van der Waals surface area contributed by atoms with Crippen LogP contribution in [0.15, 0.2) is 59.5 Å². The van der Waals surface area contributed by atoms with Crippen LogP contribution in [0, 0.1) is 5.92 Å². The highest BCUT2D eigenvalue weighted by Gasteiger charge is 2.30. The zero-order valence-electron chi connectivity index (χ0n) is 16.8. The Morgan fingerprint density at radius 2 is 1.83 bits per heavy atom. The Kier molecular flexibility index (Phi) is 6.89. The molecule has 0 saturated carbocycles. The fourth-order valence-corrected chi connectivity index (χ4v) is 4.78. The van der Waals surface area contributed by atoms with Crippen molar-refractivity contribution in [1.29, 1.82) is 0 Å². The molecule has 0 radical (unpaired) electrons. The van der Waals surface area contributed by atoms with Crippen LogP contribution < -0.4 is 4.72 Å². The van der Waals surface area contributed by atoms with Crippen LogP contribution in [0.5, 0.6) is 0 Å². The summed E-state index contributed by atoms with van der Waals surface area (Å²) in [6.45, 7) is 3.25. The monoisotopic (exact) mass is 430 g/mol. The lowest BCUT2D eigenvalue weighted by Crippen LogP contribution is -2.50. The molecule has 7 nitrogen and oxygen atoms in total. The molecule has 2 aromatic rings. The molecule has 0 bridgehead atoms. The summed E-state index contributed by atoms with van der Waals surface area (Å²) in [6.07, 6.45) is 3.91. The molecule has 160 valence electrons. The summed E-state index contributed by atoms with van der Waals surface area (Å²) < 4.78 is 28.5. The molecular formula is C22H26N2O5S. The van der Waals surface area contributed by atoms with Crippen molar-refractivity contribution in [2.24, 2.45) is 5.92 Å². The van der Waals surface area contributed by atoms with Gasteiger partial charge in [-0.15, -0.1) is 0 Å². The summed E-state index contributed by atoms with van der Waals surface area (Å²) in [6, 6.07) is 11.1. The highest BCUT2D eigenvalue weighted by molar-refractivity contribution is 7.89. The smallest absolute Gasteiger partial charge is 0.327 e. The van der Waals surface area contributed by atoms with E-state index in [1.807, 2.05) is 24.3 Å². The number of likely N-dealkylation sites (tertiary alicyclic amines) is 1. The van der Waals surface area contributed by atoms with Crippen molar-refractivity contribution in [2.75, 3.05) is 13.1 Å².